The smallest absolute Gasteiger partial charge is 0.271 e. The van der Waals surface area contributed by atoms with Gasteiger partial charge in [0.15, 0.2) is 6.61 Å². The van der Waals surface area contributed by atoms with Gasteiger partial charge in [-0.15, -0.1) is 11.8 Å². The topological polar surface area (TPSA) is 89.0 Å². The van der Waals surface area contributed by atoms with Crippen LogP contribution in [0.5, 0.6) is 5.75 Å². The molecule has 186 valence electrons. The van der Waals surface area contributed by atoms with Crippen LogP contribution in [0.2, 0.25) is 0 Å². The van der Waals surface area contributed by atoms with Crippen LogP contribution in [0.15, 0.2) is 88.9 Å². The van der Waals surface area contributed by atoms with Crippen molar-refractivity contribution in [3.05, 3.63) is 95.6 Å². The van der Waals surface area contributed by atoms with Gasteiger partial charge in [0.25, 0.3) is 11.8 Å². The van der Waals surface area contributed by atoms with Gasteiger partial charge in [0.1, 0.15) is 5.75 Å². The Labute approximate surface area is 215 Å². The fourth-order valence-corrected chi connectivity index (χ4v) is 4.42. The second-order valence-corrected chi connectivity index (χ2v) is 9.34. The number of hydrogen-bond acceptors (Lipinski definition) is 6. The summed E-state index contributed by atoms with van der Waals surface area (Å²) in [4.78, 5) is 25.5. The molecular formula is C28H29N3O4S. The molecule has 1 aliphatic rings. The first kappa shape index (κ1) is 25.5. The summed E-state index contributed by atoms with van der Waals surface area (Å²) in [6.45, 7) is 1.22. The van der Waals surface area contributed by atoms with Crippen LogP contribution >= 0.6 is 11.8 Å². The molecule has 2 N–H and O–H groups in total. The van der Waals surface area contributed by atoms with Gasteiger partial charge in [0.05, 0.1) is 12.3 Å². The predicted molar refractivity (Wildman–Crippen MR) is 141 cm³/mol. The minimum atomic E-state index is -0.275. The zero-order chi connectivity index (χ0) is 25.0. The number of ether oxygens (including phenoxy) is 2. The van der Waals surface area contributed by atoms with E-state index in [2.05, 4.69) is 28.0 Å². The lowest BCUT2D eigenvalue weighted by Crippen LogP contribution is -2.35. The summed E-state index contributed by atoms with van der Waals surface area (Å²) in [5, 5.41) is 6.86. The molecule has 0 unspecified atom stereocenters. The molecule has 4 rings (SSSR count). The second-order valence-electron chi connectivity index (χ2n) is 8.29. The minimum Gasteiger partial charge on any atom is -0.484 e. The molecule has 0 saturated carbocycles. The number of hydrogen-bond donors (Lipinski definition) is 2. The molecule has 1 saturated heterocycles. The van der Waals surface area contributed by atoms with Crippen molar-refractivity contribution in [2.24, 2.45) is 5.10 Å². The third-order valence-corrected chi connectivity index (χ3v) is 6.63. The average Bonchev–Trinajstić information content (AvgIpc) is 3.45. The molecule has 0 bridgehead atoms. The highest BCUT2D eigenvalue weighted by Crippen LogP contribution is 2.22. The maximum Gasteiger partial charge on any atom is 0.271 e. The fourth-order valence-electron chi connectivity index (χ4n) is 3.55. The molecule has 1 fully saturated rings. The lowest BCUT2D eigenvalue weighted by molar-refractivity contribution is -0.123. The Morgan fingerprint density at radius 1 is 1.03 bits per heavy atom. The molecule has 2 amide bonds. The minimum absolute atomic E-state index is 0.0556. The molecule has 0 aliphatic carbocycles. The summed E-state index contributed by atoms with van der Waals surface area (Å²) < 4.78 is 11.0. The highest BCUT2D eigenvalue weighted by Gasteiger charge is 2.16. The molecule has 36 heavy (non-hydrogen) atoms. The number of benzene rings is 3. The normalized spacial score (nSPS) is 15.1. The van der Waals surface area contributed by atoms with Gasteiger partial charge in [-0.05, 0) is 72.5 Å². The van der Waals surface area contributed by atoms with Gasteiger partial charge in [-0.1, -0.05) is 30.3 Å². The van der Waals surface area contributed by atoms with Crippen LogP contribution in [0.3, 0.4) is 0 Å². The summed E-state index contributed by atoms with van der Waals surface area (Å²) in [7, 11) is 0. The van der Waals surface area contributed by atoms with Gasteiger partial charge in [0.2, 0.25) is 0 Å². The van der Waals surface area contributed by atoms with Crippen LogP contribution in [0.25, 0.3) is 0 Å². The van der Waals surface area contributed by atoms with Crippen LogP contribution < -0.4 is 15.5 Å². The molecular weight excluding hydrogens is 474 g/mol. The average molecular weight is 504 g/mol. The van der Waals surface area contributed by atoms with E-state index in [1.54, 1.807) is 54.4 Å². The van der Waals surface area contributed by atoms with Crippen LogP contribution in [0, 0.1) is 0 Å². The third-order valence-electron chi connectivity index (χ3n) is 5.55. The number of carbonyl (C=O) groups excluding carboxylic acids is 2. The third kappa shape index (κ3) is 8.25. The Kier molecular flexibility index (Phi) is 9.53. The SMILES string of the molecule is O=C(COc1ccc(/C=N\NC(=O)c2ccc(CSc3ccccc3)cc2)cc1)NC[C@@H]1CCCO1. The first-order valence-corrected chi connectivity index (χ1v) is 12.9. The van der Waals surface area contributed by atoms with E-state index in [4.69, 9.17) is 9.47 Å². The van der Waals surface area contributed by atoms with E-state index >= 15 is 0 Å². The Hall–Kier alpha value is -3.62. The lowest BCUT2D eigenvalue weighted by atomic mass is 10.1. The van der Waals surface area contributed by atoms with Gasteiger partial charge >= 0.3 is 0 Å². The van der Waals surface area contributed by atoms with Crippen molar-refractivity contribution in [3.63, 3.8) is 0 Å². The van der Waals surface area contributed by atoms with E-state index < -0.39 is 0 Å². The van der Waals surface area contributed by atoms with Crippen molar-refractivity contribution >= 4 is 29.8 Å². The lowest BCUT2D eigenvalue weighted by Gasteiger charge is -2.11. The molecule has 1 aliphatic heterocycles. The summed E-state index contributed by atoms with van der Waals surface area (Å²) in [5.41, 5.74) is 5.03. The Morgan fingerprint density at radius 3 is 2.53 bits per heavy atom. The highest BCUT2D eigenvalue weighted by molar-refractivity contribution is 7.98. The Bertz CT molecular complexity index is 1150. The number of amides is 2. The standard InChI is InChI=1S/C28H29N3O4S/c32-27(29-18-25-5-4-16-34-25)19-35-24-14-10-21(11-15-24)17-30-31-28(33)23-12-8-22(9-13-23)20-36-26-6-2-1-3-7-26/h1-3,6-15,17,25H,4-5,16,18-20H2,(H,29,32)(H,31,33)/b30-17-/t25-/m0/s1. The first-order valence-electron chi connectivity index (χ1n) is 11.9. The summed E-state index contributed by atoms with van der Waals surface area (Å²) in [5.74, 6) is 0.961. The molecule has 7 nitrogen and oxygen atoms in total. The molecule has 1 heterocycles. The van der Waals surface area contributed by atoms with E-state index in [1.807, 2.05) is 30.3 Å². The number of rotatable bonds is 11. The van der Waals surface area contributed by atoms with Gasteiger partial charge in [-0.25, -0.2) is 5.43 Å². The maximum atomic E-state index is 12.4. The van der Waals surface area contributed by atoms with Crippen LogP contribution in [0.4, 0.5) is 0 Å². The molecule has 3 aromatic carbocycles. The van der Waals surface area contributed by atoms with E-state index in [1.165, 1.54) is 4.90 Å². The summed E-state index contributed by atoms with van der Waals surface area (Å²) in [6.07, 6.45) is 3.68. The van der Waals surface area contributed by atoms with E-state index in [-0.39, 0.29) is 24.5 Å². The summed E-state index contributed by atoms with van der Waals surface area (Å²) >= 11 is 1.75. The first-order chi connectivity index (χ1) is 17.7. The van der Waals surface area contributed by atoms with Crippen LogP contribution in [-0.2, 0) is 15.3 Å². The maximum absolute atomic E-state index is 12.4. The number of hydrazone groups is 1. The van der Waals surface area contributed by atoms with Crippen LogP contribution in [0.1, 0.15) is 34.3 Å². The second kappa shape index (κ2) is 13.5. The number of carbonyl (C=O) groups is 2. The van der Waals surface area contributed by atoms with Crippen molar-refractivity contribution in [1.29, 1.82) is 0 Å². The molecule has 3 aromatic rings. The van der Waals surface area contributed by atoms with E-state index in [0.29, 0.717) is 17.9 Å². The highest BCUT2D eigenvalue weighted by atomic mass is 32.2. The number of nitrogens with one attached hydrogen (secondary N) is 2. The van der Waals surface area contributed by atoms with Gasteiger partial charge < -0.3 is 14.8 Å². The van der Waals surface area contributed by atoms with Gasteiger partial charge in [0, 0.05) is 29.4 Å². The quantitative estimate of drug-likeness (QED) is 0.230. The zero-order valence-corrected chi connectivity index (χ0v) is 20.7. The van der Waals surface area contributed by atoms with Crippen molar-refractivity contribution < 1.29 is 19.1 Å². The van der Waals surface area contributed by atoms with Crippen LogP contribution in [-0.4, -0.2) is 43.9 Å². The molecule has 1 atom stereocenters. The fraction of sp³-hybridized carbons (Fsp3) is 0.250. The Balaban J connectivity index is 1.17. The predicted octanol–water partition coefficient (Wildman–Crippen LogP) is 4.42. The van der Waals surface area contributed by atoms with Gasteiger partial charge in [-0.2, -0.15) is 5.10 Å². The van der Waals surface area contributed by atoms with Crippen molar-refractivity contribution in [2.45, 2.75) is 29.6 Å². The monoisotopic (exact) mass is 503 g/mol. The molecule has 0 spiro atoms. The molecule has 0 aromatic heterocycles. The molecule has 8 heteroatoms. The van der Waals surface area contributed by atoms with E-state index in [0.717, 1.165) is 36.3 Å². The number of nitrogens with zero attached hydrogens (tertiary/aromatic N) is 1. The number of thioether (sulfide) groups is 1. The largest absolute Gasteiger partial charge is 0.484 e. The van der Waals surface area contributed by atoms with Crippen molar-refractivity contribution in [2.75, 3.05) is 19.8 Å². The van der Waals surface area contributed by atoms with Crippen molar-refractivity contribution in [1.82, 2.24) is 10.7 Å². The molecule has 0 radical (unpaired) electrons. The zero-order valence-electron chi connectivity index (χ0n) is 19.9. The summed E-state index contributed by atoms with van der Waals surface area (Å²) in [6, 6.07) is 24.8. The Morgan fingerprint density at radius 2 is 1.81 bits per heavy atom. The van der Waals surface area contributed by atoms with Crippen molar-refractivity contribution in [3.8, 4) is 5.75 Å². The van der Waals surface area contributed by atoms with E-state index in [9.17, 15) is 9.59 Å². The van der Waals surface area contributed by atoms with Gasteiger partial charge in [-0.3, -0.25) is 9.59 Å².